The molecule has 3 rings (SSSR count). The van der Waals surface area contributed by atoms with E-state index in [0.717, 1.165) is 56.4 Å². The molecule has 0 unspecified atom stereocenters. The number of halogens is 2. The summed E-state index contributed by atoms with van der Waals surface area (Å²) in [4.78, 5) is 14.3. The maximum atomic E-state index is 6.42. The largest absolute Gasteiger partial charge is 2.00 e. The van der Waals surface area contributed by atoms with Crippen molar-refractivity contribution in [3.63, 3.8) is 0 Å². The molecule has 0 spiro atoms. The number of aliphatic imine (C=N–C) groups is 2. The van der Waals surface area contributed by atoms with Crippen LogP contribution in [0.15, 0.2) is 52.4 Å². The minimum absolute atomic E-state index is 0. The van der Waals surface area contributed by atoms with E-state index in [1.807, 2.05) is 71.9 Å². The molecule has 31 heavy (non-hydrogen) atoms. The van der Waals surface area contributed by atoms with Crippen molar-refractivity contribution in [2.45, 2.75) is 41.5 Å². The number of rotatable bonds is 4. The van der Waals surface area contributed by atoms with Crippen molar-refractivity contribution in [3.8, 4) is 0 Å². The molecule has 0 saturated heterocycles. The van der Waals surface area contributed by atoms with E-state index < -0.39 is 0 Å². The number of hydrogen-bond donors (Lipinski definition) is 0. The summed E-state index contributed by atoms with van der Waals surface area (Å²) in [6.45, 7) is 12.0. The van der Waals surface area contributed by atoms with E-state index in [1.165, 1.54) is 0 Å². The average molecular weight is 494 g/mol. The molecule has 0 atom stereocenters. The Morgan fingerprint density at radius 1 is 0.710 bits per heavy atom. The SMILES string of the molecule is CC(=Nc1c(C)cc(C)cc1Cl)c1cccc(C(C)=Nc2c(C)cc(C)cc2Cl)n1.[Fe+2]. The molecular weight excluding hydrogens is 469 g/mol. The molecule has 0 radical (unpaired) electrons. The van der Waals surface area contributed by atoms with Crippen molar-refractivity contribution in [1.29, 1.82) is 0 Å². The molecule has 0 aliphatic heterocycles. The molecule has 0 bridgehead atoms. The molecule has 1 heterocycles. The van der Waals surface area contributed by atoms with Crippen molar-refractivity contribution in [2.75, 3.05) is 0 Å². The zero-order valence-corrected chi connectivity index (χ0v) is 21.1. The fraction of sp³-hybridized carbons (Fsp3) is 0.240. The fourth-order valence-corrected chi connectivity index (χ4v) is 4.11. The average Bonchev–Trinajstić information content (AvgIpc) is 2.67. The van der Waals surface area contributed by atoms with Crippen molar-refractivity contribution in [2.24, 2.45) is 9.98 Å². The number of pyridine rings is 1. The second-order valence-corrected chi connectivity index (χ2v) is 8.44. The zero-order valence-electron chi connectivity index (χ0n) is 18.5. The first-order valence-electron chi connectivity index (χ1n) is 9.77. The van der Waals surface area contributed by atoms with E-state index in [1.54, 1.807) is 0 Å². The van der Waals surface area contributed by atoms with Gasteiger partial charge in [0.25, 0.3) is 0 Å². The first-order valence-corrected chi connectivity index (χ1v) is 10.5. The second-order valence-electron chi connectivity index (χ2n) is 7.63. The predicted octanol–water partition coefficient (Wildman–Crippen LogP) is 7.90. The van der Waals surface area contributed by atoms with Gasteiger partial charge in [0, 0.05) is 0 Å². The van der Waals surface area contributed by atoms with Crippen molar-refractivity contribution in [3.05, 3.63) is 86.2 Å². The van der Waals surface area contributed by atoms with Gasteiger partial charge >= 0.3 is 17.1 Å². The molecule has 3 aromatic rings. The normalized spacial score (nSPS) is 12.0. The van der Waals surface area contributed by atoms with Gasteiger partial charge in [-0.05, 0) is 88.1 Å². The van der Waals surface area contributed by atoms with Gasteiger partial charge in [0.05, 0.1) is 44.2 Å². The minimum atomic E-state index is 0. The third-order valence-electron chi connectivity index (χ3n) is 4.85. The van der Waals surface area contributed by atoms with Crippen LogP contribution in [-0.2, 0) is 17.1 Å². The summed E-state index contributed by atoms with van der Waals surface area (Å²) in [5, 5.41) is 1.29. The molecule has 2 aromatic carbocycles. The van der Waals surface area contributed by atoms with E-state index >= 15 is 0 Å². The number of aromatic nitrogens is 1. The summed E-state index contributed by atoms with van der Waals surface area (Å²) in [6, 6.07) is 13.8. The van der Waals surface area contributed by atoms with Crippen LogP contribution in [-0.4, -0.2) is 16.4 Å². The molecule has 0 saturated carbocycles. The van der Waals surface area contributed by atoms with Crippen molar-refractivity contribution in [1.82, 2.24) is 4.98 Å². The van der Waals surface area contributed by atoms with Crippen LogP contribution in [0.25, 0.3) is 0 Å². The van der Waals surface area contributed by atoms with E-state index in [9.17, 15) is 0 Å². The van der Waals surface area contributed by atoms with Crippen LogP contribution in [0.3, 0.4) is 0 Å². The van der Waals surface area contributed by atoms with Crippen LogP contribution in [0, 0.1) is 27.7 Å². The third kappa shape index (κ3) is 6.05. The standard InChI is InChI=1S/C25H25Cl2N3.Fe/c1-14-10-16(3)24(20(26)12-14)28-18(5)22-8-7-9-23(30-22)19(6)29-25-17(4)11-15(2)13-21(25)27;/h7-13H,1-6H3;/q;+2. The summed E-state index contributed by atoms with van der Waals surface area (Å²) in [5.74, 6) is 0. The summed E-state index contributed by atoms with van der Waals surface area (Å²) in [5.41, 5.74) is 9.02. The Morgan fingerprint density at radius 3 is 1.45 bits per heavy atom. The van der Waals surface area contributed by atoms with Gasteiger partial charge in [-0.25, -0.2) is 15.0 Å². The monoisotopic (exact) mass is 493 g/mol. The number of aryl methyl sites for hydroxylation is 4. The summed E-state index contributed by atoms with van der Waals surface area (Å²) < 4.78 is 0. The molecular formula is C25H25Cl2FeN3+2. The summed E-state index contributed by atoms with van der Waals surface area (Å²) in [6.07, 6.45) is 0. The second kappa shape index (κ2) is 10.6. The van der Waals surface area contributed by atoms with E-state index in [2.05, 4.69) is 12.1 Å². The van der Waals surface area contributed by atoms with E-state index in [0.29, 0.717) is 10.0 Å². The van der Waals surface area contributed by atoms with Gasteiger partial charge < -0.3 is 0 Å². The zero-order chi connectivity index (χ0) is 22.0. The van der Waals surface area contributed by atoms with Crippen molar-refractivity contribution < 1.29 is 17.1 Å². The third-order valence-corrected chi connectivity index (χ3v) is 5.42. The predicted molar refractivity (Wildman–Crippen MR) is 130 cm³/mol. The topological polar surface area (TPSA) is 37.6 Å². The Labute approximate surface area is 205 Å². The Hall–Kier alpha value is -1.97. The number of benzene rings is 2. The van der Waals surface area contributed by atoms with Gasteiger partial charge in [-0.1, -0.05) is 41.4 Å². The minimum Gasteiger partial charge on any atom is -0.250 e. The molecule has 0 fully saturated rings. The molecule has 3 nitrogen and oxygen atoms in total. The quantitative estimate of drug-likeness (QED) is 0.268. The molecule has 1 aromatic heterocycles. The molecule has 0 amide bonds. The Bertz CT molecular complexity index is 1050. The number of hydrogen-bond acceptors (Lipinski definition) is 3. The first kappa shape index (κ1) is 25.3. The van der Waals surface area contributed by atoms with Crippen LogP contribution >= 0.6 is 23.2 Å². The molecule has 0 aliphatic rings. The maximum Gasteiger partial charge on any atom is 2.00 e. The van der Waals surface area contributed by atoms with Gasteiger partial charge in [0.1, 0.15) is 0 Å². The van der Waals surface area contributed by atoms with E-state index in [-0.39, 0.29) is 17.1 Å². The van der Waals surface area contributed by atoms with Gasteiger partial charge in [0.2, 0.25) is 0 Å². The van der Waals surface area contributed by atoms with Crippen LogP contribution < -0.4 is 0 Å². The Morgan fingerprint density at radius 2 is 1.10 bits per heavy atom. The van der Waals surface area contributed by atoms with Crippen molar-refractivity contribution >= 4 is 46.0 Å². The van der Waals surface area contributed by atoms with Gasteiger partial charge in [-0.15, -0.1) is 0 Å². The maximum absolute atomic E-state index is 6.42. The summed E-state index contributed by atoms with van der Waals surface area (Å²) >= 11 is 12.8. The molecule has 0 N–H and O–H groups in total. The van der Waals surface area contributed by atoms with E-state index in [4.69, 9.17) is 38.2 Å². The molecule has 0 aliphatic carbocycles. The van der Waals surface area contributed by atoms with Crippen LogP contribution in [0.1, 0.15) is 47.5 Å². The van der Waals surface area contributed by atoms with Gasteiger partial charge in [-0.2, -0.15) is 0 Å². The molecule has 6 heteroatoms. The Balaban J connectivity index is 0.00000341. The fourth-order valence-electron chi connectivity index (χ4n) is 3.39. The first-order chi connectivity index (χ1) is 14.2. The van der Waals surface area contributed by atoms with Crippen LogP contribution in [0.2, 0.25) is 10.0 Å². The van der Waals surface area contributed by atoms with Gasteiger partial charge in [0.15, 0.2) is 0 Å². The number of nitrogens with zero attached hydrogens (tertiary/aromatic N) is 3. The van der Waals surface area contributed by atoms with Crippen LogP contribution in [0.5, 0.6) is 0 Å². The summed E-state index contributed by atoms with van der Waals surface area (Å²) in [7, 11) is 0. The molecule has 160 valence electrons. The van der Waals surface area contributed by atoms with Gasteiger partial charge in [-0.3, -0.25) is 0 Å². The van der Waals surface area contributed by atoms with Crippen LogP contribution in [0.4, 0.5) is 11.4 Å². The Kier molecular flexibility index (Phi) is 8.62. The smallest absolute Gasteiger partial charge is 0.250 e.